The summed E-state index contributed by atoms with van der Waals surface area (Å²) >= 11 is 0. The summed E-state index contributed by atoms with van der Waals surface area (Å²) < 4.78 is 0. The first-order chi connectivity index (χ1) is 7.65. The van der Waals surface area contributed by atoms with E-state index in [2.05, 4.69) is 31.0 Å². The molecule has 2 fully saturated rings. The second kappa shape index (κ2) is 5.50. The molecule has 1 heterocycles. The quantitative estimate of drug-likeness (QED) is 0.789. The maximum atomic E-state index is 3.67. The predicted molar refractivity (Wildman–Crippen MR) is 69.6 cm³/mol. The molecule has 0 aromatic rings. The Kier molecular flexibility index (Phi) is 4.26. The Morgan fingerprint density at radius 1 is 1.25 bits per heavy atom. The van der Waals surface area contributed by atoms with Gasteiger partial charge < -0.3 is 10.2 Å². The first-order valence-electron chi connectivity index (χ1n) is 7.13. The van der Waals surface area contributed by atoms with Gasteiger partial charge in [-0.2, -0.15) is 0 Å². The smallest absolute Gasteiger partial charge is 0.0209 e. The molecule has 1 aliphatic heterocycles. The van der Waals surface area contributed by atoms with Crippen LogP contribution >= 0.6 is 0 Å². The zero-order valence-corrected chi connectivity index (χ0v) is 11.2. The molecule has 2 aliphatic rings. The van der Waals surface area contributed by atoms with E-state index in [1.165, 1.54) is 45.3 Å². The maximum Gasteiger partial charge on any atom is 0.0209 e. The van der Waals surface area contributed by atoms with Crippen molar-refractivity contribution < 1.29 is 0 Å². The largest absolute Gasteiger partial charge is 0.310 e. The van der Waals surface area contributed by atoms with Gasteiger partial charge in [0.2, 0.25) is 0 Å². The Labute approximate surface area is 101 Å². The average molecular weight is 224 g/mol. The molecule has 1 N–H and O–H groups in total. The van der Waals surface area contributed by atoms with Gasteiger partial charge in [-0.25, -0.2) is 0 Å². The molecule has 0 aromatic carbocycles. The van der Waals surface area contributed by atoms with Crippen molar-refractivity contribution in [2.24, 2.45) is 11.8 Å². The van der Waals surface area contributed by atoms with Crippen molar-refractivity contribution in [2.45, 2.75) is 58.5 Å². The zero-order chi connectivity index (χ0) is 11.5. The van der Waals surface area contributed by atoms with Gasteiger partial charge in [-0.15, -0.1) is 0 Å². The normalized spacial score (nSPS) is 36.4. The van der Waals surface area contributed by atoms with Gasteiger partial charge in [-0.3, -0.25) is 0 Å². The van der Waals surface area contributed by atoms with Crippen LogP contribution in [-0.2, 0) is 0 Å². The van der Waals surface area contributed by atoms with Crippen LogP contribution in [0.4, 0.5) is 0 Å². The van der Waals surface area contributed by atoms with Gasteiger partial charge in [0.05, 0.1) is 0 Å². The summed E-state index contributed by atoms with van der Waals surface area (Å²) in [5.41, 5.74) is 0. The SMILES string of the molecule is CC(C)NC1CCN(CC2CCCC2C)C1. The number of nitrogens with one attached hydrogen (secondary N) is 1. The fraction of sp³-hybridized carbons (Fsp3) is 1.00. The van der Waals surface area contributed by atoms with Crippen LogP contribution < -0.4 is 5.32 Å². The molecule has 3 unspecified atom stereocenters. The van der Waals surface area contributed by atoms with Gasteiger partial charge in [0.1, 0.15) is 0 Å². The average Bonchev–Trinajstić information content (AvgIpc) is 2.77. The van der Waals surface area contributed by atoms with Gasteiger partial charge in [0, 0.05) is 25.2 Å². The van der Waals surface area contributed by atoms with Crippen molar-refractivity contribution in [3.63, 3.8) is 0 Å². The summed E-state index contributed by atoms with van der Waals surface area (Å²) in [6.45, 7) is 10.9. The highest BCUT2D eigenvalue weighted by Crippen LogP contribution is 2.32. The summed E-state index contributed by atoms with van der Waals surface area (Å²) in [6, 6.07) is 1.38. The molecule has 16 heavy (non-hydrogen) atoms. The van der Waals surface area contributed by atoms with E-state index in [1.54, 1.807) is 0 Å². The fourth-order valence-corrected chi connectivity index (χ4v) is 3.43. The Bertz CT molecular complexity index is 215. The highest BCUT2D eigenvalue weighted by Gasteiger charge is 2.29. The van der Waals surface area contributed by atoms with Crippen LogP contribution in [0.3, 0.4) is 0 Å². The lowest BCUT2D eigenvalue weighted by atomic mass is 9.98. The van der Waals surface area contributed by atoms with Crippen molar-refractivity contribution in [3.05, 3.63) is 0 Å². The van der Waals surface area contributed by atoms with Gasteiger partial charge in [-0.1, -0.05) is 33.6 Å². The maximum absolute atomic E-state index is 3.67. The molecular weight excluding hydrogens is 196 g/mol. The molecule has 3 atom stereocenters. The van der Waals surface area contributed by atoms with Crippen LogP contribution in [0.5, 0.6) is 0 Å². The monoisotopic (exact) mass is 224 g/mol. The van der Waals surface area contributed by atoms with Crippen LogP contribution in [-0.4, -0.2) is 36.6 Å². The highest BCUT2D eigenvalue weighted by molar-refractivity contribution is 4.85. The van der Waals surface area contributed by atoms with E-state index >= 15 is 0 Å². The van der Waals surface area contributed by atoms with Crippen LogP contribution in [0, 0.1) is 11.8 Å². The lowest BCUT2D eigenvalue weighted by Crippen LogP contribution is -2.38. The third-order valence-corrected chi connectivity index (χ3v) is 4.37. The van der Waals surface area contributed by atoms with E-state index in [1.807, 2.05) is 0 Å². The fourth-order valence-electron chi connectivity index (χ4n) is 3.43. The van der Waals surface area contributed by atoms with E-state index in [4.69, 9.17) is 0 Å². The summed E-state index contributed by atoms with van der Waals surface area (Å²) in [5, 5.41) is 3.67. The second-order valence-corrected chi connectivity index (χ2v) is 6.23. The number of hydrogen-bond donors (Lipinski definition) is 1. The van der Waals surface area contributed by atoms with E-state index in [0.29, 0.717) is 6.04 Å². The molecule has 0 spiro atoms. The molecule has 0 aromatic heterocycles. The molecule has 2 heteroatoms. The van der Waals surface area contributed by atoms with E-state index in [9.17, 15) is 0 Å². The van der Waals surface area contributed by atoms with E-state index in [0.717, 1.165) is 17.9 Å². The van der Waals surface area contributed by atoms with E-state index < -0.39 is 0 Å². The minimum atomic E-state index is 0.635. The van der Waals surface area contributed by atoms with Crippen LogP contribution in [0.1, 0.15) is 46.5 Å². The van der Waals surface area contributed by atoms with Crippen molar-refractivity contribution in [2.75, 3.05) is 19.6 Å². The van der Waals surface area contributed by atoms with Crippen LogP contribution in [0.25, 0.3) is 0 Å². The van der Waals surface area contributed by atoms with Gasteiger partial charge >= 0.3 is 0 Å². The zero-order valence-electron chi connectivity index (χ0n) is 11.2. The lowest BCUT2D eigenvalue weighted by Gasteiger charge is -2.23. The molecule has 2 rings (SSSR count). The summed E-state index contributed by atoms with van der Waals surface area (Å²) in [4.78, 5) is 2.69. The number of hydrogen-bond acceptors (Lipinski definition) is 2. The van der Waals surface area contributed by atoms with E-state index in [-0.39, 0.29) is 0 Å². The molecule has 1 saturated heterocycles. The third-order valence-electron chi connectivity index (χ3n) is 4.37. The molecule has 0 amide bonds. The van der Waals surface area contributed by atoms with Crippen molar-refractivity contribution >= 4 is 0 Å². The standard InChI is InChI=1S/C14H28N2/c1-11(2)15-14-7-8-16(10-14)9-13-6-4-5-12(13)3/h11-15H,4-10H2,1-3H3. The minimum Gasteiger partial charge on any atom is -0.310 e. The minimum absolute atomic E-state index is 0.635. The first kappa shape index (κ1) is 12.4. The molecule has 1 saturated carbocycles. The van der Waals surface area contributed by atoms with Gasteiger partial charge in [0.15, 0.2) is 0 Å². The van der Waals surface area contributed by atoms with Crippen molar-refractivity contribution in [1.82, 2.24) is 10.2 Å². The lowest BCUT2D eigenvalue weighted by molar-refractivity contribution is 0.243. The van der Waals surface area contributed by atoms with Gasteiger partial charge in [-0.05, 0) is 31.2 Å². The molecule has 2 nitrogen and oxygen atoms in total. The Balaban J connectivity index is 1.72. The van der Waals surface area contributed by atoms with Crippen LogP contribution in [0.15, 0.2) is 0 Å². The highest BCUT2D eigenvalue weighted by atomic mass is 15.2. The first-order valence-corrected chi connectivity index (χ1v) is 7.13. The number of nitrogens with zero attached hydrogens (tertiary/aromatic N) is 1. The summed E-state index contributed by atoms with van der Waals surface area (Å²) in [7, 11) is 0. The summed E-state index contributed by atoms with van der Waals surface area (Å²) in [5.74, 6) is 1.95. The molecule has 1 aliphatic carbocycles. The van der Waals surface area contributed by atoms with Crippen molar-refractivity contribution in [1.29, 1.82) is 0 Å². The third kappa shape index (κ3) is 3.21. The summed E-state index contributed by atoms with van der Waals surface area (Å²) in [6.07, 6.45) is 5.75. The molecule has 0 radical (unpaired) electrons. The molecule has 0 bridgehead atoms. The molecular formula is C14H28N2. The topological polar surface area (TPSA) is 15.3 Å². The second-order valence-electron chi connectivity index (χ2n) is 6.23. The Morgan fingerprint density at radius 3 is 2.69 bits per heavy atom. The predicted octanol–water partition coefficient (Wildman–Crippen LogP) is 2.49. The van der Waals surface area contributed by atoms with Gasteiger partial charge in [0.25, 0.3) is 0 Å². The number of likely N-dealkylation sites (tertiary alicyclic amines) is 1. The Morgan fingerprint density at radius 2 is 2.06 bits per heavy atom. The number of rotatable bonds is 4. The van der Waals surface area contributed by atoms with Crippen LogP contribution in [0.2, 0.25) is 0 Å². The Hall–Kier alpha value is -0.0800. The van der Waals surface area contributed by atoms with Crippen molar-refractivity contribution in [3.8, 4) is 0 Å². The molecule has 94 valence electrons.